The van der Waals surface area contributed by atoms with Gasteiger partial charge in [-0.15, -0.1) is 5.10 Å². The SMILES string of the molecule is [O-][S+](CF)c1nc2n(n1)[C@H](c1cc(F)ccc1F)C[C@@H]2F. The van der Waals surface area contributed by atoms with Gasteiger partial charge < -0.3 is 4.55 Å². The lowest BCUT2D eigenvalue weighted by Crippen LogP contribution is -2.12. The van der Waals surface area contributed by atoms with Gasteiger partial charge in [0.1, 0.15) is 11.6 Å². The standard InChI is InChI=1S/C12H9F4N3OS/c13-5-21(20)12-17-11-9(16)4-10(19(11)18-12)7-3-6(14)1-2-8(7)15/h1-3,9-10H,4-5H2/t9-,10-,21?/m0/s1. The first kappa shape index (κ1) is 14.3. The first-order valence-corrected chi connectivity index (χ1v) is 7.33. The molecule has 0 bridgehead atoms. The van der Waals surface area contributed by atoms with Crippen molar-refractivity contribution in [1.29, 1.82) is 0 Å². The van der Waals surface area contributed by atoms with Gasteiger partial charge in [-0.25, -0.2) is 17.9 Å². The summed E-state index contributed by atoms with van der Waals surface area (Å²) in [5.41, 5.74) is -0.0705. The van der Waals surface area contributed by atoms with E-state index in [1.54, 1.807) is 0 Å². The summed E-state index contributed by atoms with van der Waals surface area (Å²) in [6, 6.07) is 0.748. The molecule has 112 valence electrons. The summed E-state index contributed by atoms with van der Waals surface area (Å²) in [7, 11) is 0. The van der Waals surface area contributed by atoms with Gasteiger partial charge in [0.05, 0.1) is 17.2 Å². The van der Waals surface area contributed by atoms with Crippen molar-refractivity contribution < 1.29 is 22.1 Å². The number of halogens is 4. The minimum Gasteiger partial charge on any atom is -0.607 e. The van der Waals surface area contributed by atoms with Crippen LogP contribution in [0.3, 0.4) is 0 Å². The van der Waals surface area contributed by atoms with Gasteiger partial charge >= 0.3 is 5.16 Å². The molecule has 0 amide bonds. The molecule has 9 heteroatoms. The summed E-state index contributed by atoms with van der Waals surface area (Å²) in [6.45, 7) is 0. The van der Waals surface area contributed by atoms with Crippen LogP contribution >= 0.6 is 0 Å². The summed E-state index contributed by atoms with van der Waals surface area (Å²) in [6.07, 6.45) is -1.71. The largest absolute Gasteiger partial charge is 0.607 e. The van der Waals surface area contributed by atoms with Crippen molar-refractivity contribution in [3.05, 3.63) is 41.2 Å². The van der Waals surface area contributed by atoms with E-state index in [2.05, 4.69) is 10.1 Å². The predicted molar refractivity (Wildman–Crippen MR) is 65.4 cm³/mol. The first-order chi connectivity index (χ1) is 10.0. The van der Waals surface area contributed by atoms with Crippen LogP contribution in [0, 0.1) is 11.6 Å². The fraction of sp³-hybridized carbons (Fsp3) is 0.333. The Kier molecular flexibility index (Phi) is 3.62. The molecule has 3 atom stereocenters. The van der Waals surface area contributed by atoms with Crippen molar-refractivity contribution in [1.82, 2.24) is 14.8 Å². The molecule has 1 aliphatic heterocycles. The van der Waals surface area contributed by atoms with Gasteiger partial charge in [-0.2, -0.15) is 9.37 Å². The van der Waals surface area contributed by atoms with E-state index in [1.165, 1.54) is 0 Å². The smallest absolute Gasteiger partial charge is 0.364 e. The van der Waals surface area contributed by atoms with E-state index in [4.69, 9.17) is 0 Å². The van der Waals surface area contributed by atoms with Crippen LogP contribution in [0.1, 0.15) is 30.0 Å². The molecule has 0 fully saturated rings. The summed E-state index contributed by atoms with van der Waals surface area (Å²) in [4.78, 5) is 3.69. The minimum absolute atomic E-state index is 0.0705. The molecule has 21 heavy (non-hydrogen) atoms. The molecule has 0 saturated heterocycles. The summed E-state index contributed by atoms with van der Waals surface area (Å²) in [5.74, 6) is -1.52. The summed E-state index contributed by atoms with van der Waals surface area (Å²) < 4.78 is 65.7. The van der Waals surface area contributed by atoms with E-state index >= 15 is 0 Å². The van der Waals surface area contributed by atoms with E-state index in [9.17, 15) is 22.1 Å². The molecule has 0 radical (unpaired) electrons. The third-order valence-corrected chi connectivity index (χ3v) is 4.04. The Hall–Kier alpha value is -1.61. The average molecular weight is 319 g/mol. The lowest BCUT2D eigenvalue weighted by Gasteiger charge is -2.12. The van der Waals surface area contributed by atoms with E-state index in [0.717, 1.165) is 22.9 Å². The minimum atomic E-state index is -2.09. The molecule has 4 nitrogen and oxygen atoms in total. The van der Waals surface area contributed by atoms with Gasteiger partial charge in [-0.1, -0.05) is 0 Å². The first-order valence-electron chi connectivity index (χ1n) is 6.01. The third-order valence-electron chi connectivity index (χ3n) is 3.26. The maximum absolute atomic E-state index is 13.9. The van der Waals surface area contributed by atoms with E-state index in [1.807, 2.05) is 0 Å². The Morgan fingerprint density at radius 1 is 1.38 bits per heavy atom. The van der Waals surface area contributed by atoms with Gasteiger partial charge in [0.25, 0.3) is 6.01 Å². The van der Waals surface area contributed by atoms with Gasteiger partial charge in [0, 0.05) is 12.0 Å². The maximum atomic E-state index is 13.9. The molecule has 0 saturated carbocycles. The maximum Gasteiger partial charge on any atom is 0.364 e. The highest BCUT2D eigenvalue weighted by Gasteiger charge is 2.38. The van der Waals surface area contributed by atoms with Gasteiger partial charge in [0.2, 0.25) is 0 Å². The molecule has 0 aliphatic carbocycles. The van der Waals surface area contributed by atoms with Crippen LogP contribution in [0.2, 0.25) is 0 Å². The number of fused-ring (bicyclic) bond motifs is 1. The van der Waals surface area contributed by atoms with Crippen LogP contribution in [0.15, 0.2) is 23.4 Å². The highest BCUT2D eigenvalue weighted by atomic mass is 32.2. The van der Waals surface area contributed by atoms with Gasteiger partial charge in [-0.3, -0.25) is 0 Å². The monoisotopic (exact) mass is 319 g/mol. The molecule has 1 aliphatic rings. The zero-order valence-corrected chi connectivity index (χ0v) is 11.3. The second-order valence-corrected chi connectivity index (χ2v) is 5.81. The molecular formula is C12H9F4N3OS. The van der Waals surface area contributed by atoms with Crippen LogP contribution < -0.4 is 0 Å². The molecule has 2 heterocycles. The second kappa shape index (κ2) is 5.30. The Bertz CT molecular complexity index is 681. The Morgan fingerprint density at radius 2 is 2.14 bits per heavy atom. The van der Waals surface area contributed by atoms with E-state index < -0.39 is 41.0 Å². The van der Waals surface area contributed by atoms with Crippen molar-refractivity contribution in [2.75, 3.05) is 6.01 Å². The molecule has 0 spiro atoms. The molecule has 1 aromatic heterocycles. The van der Waals surface area contributed by atoms with Crippen molar-refractivity contribution in [3.63, 3.8) is 0 Å². The number of aromatic nitrogens is 3. The normalized spacial score (nSPS) is 22.3. The Labute approximate surface area is 120 Å². The van der Waals surface area contributed by atoms with Crippen molar-refractivity contribution in [2.45, 2.75) is 23.8 Å². The number of nitrogens with zero attached hydrogens (tertiary/aromatic N) is 3. The van der Waals surface area contributed by atoms with Gasteiger partial charge in [-0.05, 0) is 18.2 Å². The molecule has 1 unspecified atom stereocenters. The lowest BCUT2D eigenvalue weighted by atomic mass is 10.0. The molecular weight excluding hydrogens is 310 g/mol. The molecule has 3 rings (SSSR count). The summed E-state index contributed by atoms with van der Waals surface area (Å²) in [5, 5.41) is 3.43. The number of hydrogen-bond donors (Lipinski definition) is 0. The number of alkyl halides is 2. The topological polar surface area (TPSA) is 53.8 Å². The quantitative estimate of drug-likeness (QED) is 0.645. The number of rotatable bonds is 3. The van der Waals surface area contributed by atoms with Crippen molar-refractivity contribution >= 4 is 11.2 Å². The predicted octanol–water partition coefficient (Wildman–Crippen LogP) is 2.59. The van der Waals surface area contributed by atoms with Crippen LogP contribution in [0.5, 0.6) is 0 Å². The molecule has 1 aromatic carbocycles. The number of benzene rings is 1. The second-order valence-electron chi connectivity index (χ2n) is 4.54. The van der Waals surface area contributed by atoms with Crippen molar-refractivity contribution in [2.24, 2.45) is 0 Å². The third kappa shape index (κ3) is 2.40. The van der Waals surface area contributed by atoms with Gasteiger partial charge in [0.15, 0.2) is 12.0 Å². The highest BCUT2D eigenvalue weighted by molar-refractivity contribution is 7.91. The highest BCUT2D eigenvalue weighted by Crippen LogP contribution is 2.40. The lowest BCUT2D eigenvalue weighted by molar-refractivity contribution is 0.324. The van der Waals surface area contributed by atoms with Crippen LogP contribution in [0.4, 0.5) is 17.6 Å². The van der Waals surface area contributed by atoms with Crippen molar-refractivity contribution in [3.8, 4) is 0 Å². The summed E-state index contributed by atoms with van der Waals surface area (Å²) >= 11 is -2.09. The van der Waals surface area contributed by atoms with Crippen LogP contribution in [-0.2, 0) is 11.2 Å². The molecule has 0 N–H and O–H groups in total. The van der Waals surface area contributed by atoms with E-state index in [-0.39, 0.29) is 23.0 Å². The van der Waals surface area contributed by atoms with Crippen LogP contribution in [-0.4, -0.2) is 25.3 Å². The number of hydrogen-bond acceptors (Lipinski definition) is 3. The fourth-order valence-corrected chi connectivity index (χ4v) is 2.81. The Balaban J connectivity index is 2.05. The zero-order chi connectivity index (χ0) is 15.1. The molecule has 2 aromatic rings. The van der Waals surface area contributed by atoms with Crippen LogP contribution in [0.25, 0.3) is 0 Å². The zero-order valence-electron chi connectivity index (χ0n) is 10.5. The Morgan fingerprint density at radius 3 is 2.86 bits per heavy atom. The fourth-order valence-electron chi connectivity index (χ4n) is 2.33. The van der Waals surface area contributed by atoms with E-state index in [0.29, 0.717) is 0 Å². The average Bonchev–Trinajstić information content (AvgIpc) is 3.02.